The standard InChI is InChI=1S/C23H26N2OS/c1-14-5-7-21-19(10-14)17(4)24-20-11-18(6-8-22(20)27-21)23(26)25-12-15(2)9-16(3)13-25/h5-8,10-11,15-16H,9,12-13H2,1-4H3/t15-,16-/m0/s1. The van der Waals surface area contributed by atoms with Gasteiger partial charge in [0.25, 0.3) is 5.91 Å². The number of likely N-dealkylation sites (tertiary alicyclic amines) is 1. The third-order valence-electron chi connectivity index (χ3n) is 5.39. The first-order valence-electron chi connectivity index (χ1n) is 9.68. The van der Waals surface area contributed by atoms with E-state index in [1.165, 1.54) is 22.4 Å². The molecule has 3 nitrogen and oxygen atoms in total. The highest BCUT2D eigenvalue weighted by atomic mass is 32.2. The van der Waals surface area contributed by atoms with E-state index in [9.17, 15) is 4.79 Å². The molecule has 0 spiro atoms. The van der Waals surface area contributed by atoms with Crippen molar-refractivity contribution in [3.63, 3.8) is 0 Å². The lowest BCUT2D eigenvalue weighted by atomic mass is 9.91. The Morgan fingerprint density at radius 3 is 2.48 bits per heavy atom. The molecule has 2 aliphatic heterocycles. The predicted molar refractivity (Wildman–Crippen MR) is 112 cm³/mol. The Kier molecular flexibility index (Phi) is 4.85. The molecule has 0 aromatic heterocycles. The summed E-state index contributed by atoms with van der Waals surface area (Å²) in [4.78, 5) is 22.3. The minimum atomic E-state index is 0.131. The first-order chi connectivity index (χ1) is 12.9. The fraction of sp³-hybridized carbons (Fsp3) is 0.391. The molecule has 2 aromatic rings. The molecule has 0 saturated carbocycles. The molecule has 1 amide bonds. The van der Waals surface area contributed by atoms with Gasteiger partial charge in [0.1, 0.15) is 0 Å². The number of rotatable bonds is 1. The van der Waals surface area contributed by atoms with E-state index in [0.717, 1.165) is 34.9 Å². The maximum absolute atomic E-state index is 13.1. The van der Waals surface area contributed by atoms with Gasteiger partial charge in [-0.1, -0.05) is 37.2 Å². The zero-order chi connectivity index (χ0) is 19.1. The molecule has 0 N–H and O–H groups in total. The van der Waals surface area contributed by atoms with Gasteiger partial charge in [0.05, 0.1) is 5.69 Å². The molecule has 2 atom stereocenters. The van der Waals surface area contributed by atoms with Crippen molar-refractivity contribution in [1.82, 2.24) is 4.90 Å². The van der Waals surface area contributed by atoms with E-state index in [1.807, 2.05) is 17.0 Å². The normalized spacial score (nSPS) is 21.8. The van der Waals surface area contributed by atoms with Crippen LogP contribution >= 0.6 is 11.8 Å². The second-order valence-electron chi connectivity index (χ2n) is 8.14. The number of hydrogen-bond donors (Lipinski definition) is 0. The average molecular weight is 379 g/mol. The van der Waals surface area contributed by atoms with Crippen molar-refractivity contribution >= 4 is 29.1 Å². The smallest absolute Gasteiger partial charge is 0.253 e. The van der Waals surface area contributed by atoms with Gasteiger partial charge in [0, 0.05) is 39.7 Å². The number of carbonyl (C=O) groups excluding carboxylic acids is 1. The zero-order valence-corrected chi connectivity index (χ0v) is 17.3. The quantitative estimate of drug-likeness (QED) is 0.636. The van der Waals surface area contributed by atoms with E-state index in [0.29, 0.717) is 11.8 Å². The minimum absolute atomic E-state index is 0.131. The summed E-state index contributed by atoms with van der Waals surface area (Å²) in [5.41, 5.74) is 5.07. The van der Waals surface area contributed by atoms with E-state index in [2.05, 4.69) is 52.0 Å². The number of fused-ring (bicyclic) bond motifs is 2. The summed E-state index contributed by atoms with van der Waals surface area (Å²) in [6.07, 6.45) is 1.20. The molecular weight excluding hydrogens is 352 g/mol. The molecule has 0 bridgehead atoms. The molecule has 140 valence electrons. The van der Waals surface area contributed by atoms with Gasteiger partial charge in [-0.15, -0.1) is 0 Å². The Balaban J connectivity index is 1.67. The molecule has 4 rings (SSSR count). The number of aryl methyl sites for hydroxylation is 1. The molecule has 0 aliphatic carbocycles. The van der Waals surface area contributed by atoms with Crippen LogP contribution in [0.25, 0.3) is 0 Å². The second kappa shape index (κ2) is 7.16. The minimum Gasteiger partial charge on any atom is -0.338 e. The Morgan fingerprint density at radius 1 is 1.04 bits per heavy atom. The number of nitrogens with zero attached hydrogens (tertiary/aromatic N) is 2. The molecule has 0 unspecified atom stereocenters. The topological polar surface area (TPSA) is 32.7 Å². The SMILES string of the molecule is CC1=Nc2cc(C(=O)N3C[C@@H](C)C[C@H](C)C3)ccc2Sc2ccc(C)cc21. The molecular formula is C23H26N2OS. The molecule has 4 heteroatoms. The van der Waals surface area contributed by atoms with Crippen LogP contribution in [-0.4, -0.2) is 29.6 Å². The summed E-state index contributed by atoms with van der Waals surface area (Å²) < 4.78 is 0. The van der Waals surface area contributed by atoms with E-state index in [4.69, 9.17) is 4.99 Å². The third-order valence-corrected chi connectivity index (χ3v) is 6.54. The lowest BCUT2D eigenvalue weighted by molar-refractivity contribution is 0.0623. The monoisotopic (exact) mass is 378 g/mol. The maximum atomic E-state index is 13.1. The van der Waals surface area contributed by atoms with E-state index >= 15 is 0 Å². The Labute approximate surface area is 165 Å². The zero-order valence-electron chi connectivity index (χ0n) is 16.5. The second-order valence-corrected chi connectivity index (χ2v) is 9.22. The highest BCUT2D eigenvalue weighted by Crippen LogP contribution is 2.41. The number of benzene rings is 2. The van der Waals surface area contributed by atoms with Crippen LogP contribution in [0.1, 0.15) is 48.7 Å². The van der Waals surface area contributed by atoms with Gasteiger partial charge in [0.2, 0.25) is 0 Å². The molecule has 0 radical (unpaired) electrons. The molecule has 1 fully saturated rings. The van der Waals surface area contributed by atoms with Crippen molar-refractivity contribution < 1.29 is 4.79 Å². The summed E-state index contributed by atoms with van der Waals surface area (Å²) >= 11 is 1.73. The summed E-state index contributed by atoms with van der Waals surface area (Å²) in [5.74, 6) is 1.26. The third kappa shape index (κ3) is 3.68. The Bertz CT molecular complexity index is 924. The van der Waals surface area contributed by atoms with Gasteiger partial charge < -0.3 is 4.90 Å². The van der Waals surface area contributed by atoms with Gasteiger partial charge in [-0.05, 0) is 62.4 Å². The highest BCUT2D eigenvalue weighted by molar-refractivity contribution is 7.99. The van der Waals surface area contributed by atoms with Crippen molar-refractivity contribution in [2.75, 3.05) is 13.1 Å². The van der Waals surface area contributed by atoms with Crippen LogP contribution in [0.3, 0.4) is 0 Å². The summed E-state index contributed by atoms with van der Waals surface area (Å²) in [5, 5.41) is 0. The molecule has 27 heavy (non-hydrogen) atoms. The van der Waals surface area contributed by atoms with Crippen LogP contribution in [-0.2, 0) is 0 Å². The number of aliphatic imine (C=N–C) groups is 1. The van der Waals surface area contributed by atoms with Crippen molar-refractivity contribution in [3.05, 3.63) is 53.1 Å². The fourth-order valence-electron chi connectivity index (χ4n) is 4.21. The van der Waals surface area contributed by atoms with Gasteiger partial charge in [-0.2, -0.15) is 0 Å². The summed E-state index contributed by atoms with van der Waals surface area (Å²) in [6.45, 7) is 10.3. The predicted octanol–water partition coefficient (Wildman–Crippen LogP) is 5.72. The highest BCUT2D eigenvalue weighted by Gasteiger charge is 2.27. The van der Waals surface area contributed by atoms with E-state index in [-0.39, 0.29) is 5.91 Å². The number of hydrogen-bond acceptors (Lipinski definition) is 3. The summed E-state index contributed by atoms with van der Waals surface area (Å²) in [6, 6.07) is 12.5. The van der Waals surface area contributed by atoms with Crippen LogP contribution in [0.5, 0.6) is 0 Å². The van der Waals surface area contributed by atoms with Gasteiger partial charge in [-0.3, -0.25) is 9.79 Å². The molecule has 2 aliphatic rings. The molecule has 2 aromatic carbocycles. The number of piperidine rings is 1. The fourth-order valence-corrected chi connectivity index (χ4v) is 5.25. The molecule has 2 heterocycles. The molecule has 1 saturated heterocycles. The maximum Gasteiger partial charge on any atom is 0.253 e. The van der Waals surface area contributed by atoms with Gasteiger partial charge in [-0.25, -0.2) is 0 Å². The van der Waals surface area contributed by atoms with Crippen LogP contribution < -0.4 is 0 Å². The lowest BCUT2D eigenvalue weighted by Crippen LogP contribution is -2.42. The first-order valence-corrected chi connectivity index (χ1v) is 10.5. The number of carbonyl (C=O) groups is 1. The van der Waals surface area contributed by atoms with E-state index < -0.39 is 0 Å². The van der Waals surface area contributed by atoms with Crippen LogP contribution in [0.15, 0.2) is 51.2 Å². The lowest BCUT2D eigenvalue weighted by Gasteiger charge is -2.35. The average Bonchev–Trinajstić information content (AvgIpc) is 2.75. The van der Waals surface area contributed by atoms with Crippen LogP contribution in [0.2, 0.25) is 0 Å². The van der Waals surface area contributed by atoms with Crippen LogP contribution in [0.4, 0.5) is 5.69 Å². The largest absolute Gasteiger partial charge is 0.338 e. The van der Waals surface area contributed by atoms with Crippen LogP contribution in [0, 0.1) is 18.8 Å². The Hall–Kier alpha value is -2.07. The summed E-state index contributed by atoms with van der Waals surface area (Å²) in [7, 11) is 0. The van der Waals surface area contributed by atoms with Crippen molar-refractivity contribution in [3.8, 4) is 0 Å². The van der Waals surface area contributed by atoms with Gasteiger partial charge in [0.15, 0.2) is 0 Å². The Morgan fingerprint density at radius 2 is 1.74 bits per heavy atom. The van der Waals surface area contributed by atoms with E-state index in [1.54, 1.807) is 11.8 Å². The number of amides is 1. The first kappa shape index (κ1) is 18.3. The van der Waals surface area contributed by atoms with Gasteiger partial charge >= 0.3 is 0 Å². The van der Waals surface area contributed by atoms with Crippen molar-refractivity contribution in [2.24, 2.45) is 16.8 Å². The van der Waals surface area contributed by atoms with Crippen molar-refractivity contribution in [1.29, 1.82) is 0 Å². The van der Waals surface area contributed by atoms with Crippen molar-refractivity contribution in [2.45, 2.75) is 43.9 Å².